The quantitative estimate of drug-likeness (QED) is 0.809. The minimum Gasteiger partial charge on any atom is -0.481 e. The number of carboxylic acids is 1. The number of aliphatic carboxylic acids is 1. The molecule has 1 rings (SSSR count). The van der Waals surface area contributed by atoms with Crippen LogP contribution in [-0.4, -0.2) is 29.1 Å². The zero-order valence-corrected chi connectivity index (χ0v) is 12.9. The Hall–Kier alpha value is -2.04. The maximum atomic E-state index is 12.1. The summed E-state index contributed by atoms with van der Waals surface area (Å²) in [5.41, 5.74) is 0.925. The van der Waals surface area contributed by atoms with Gasteiger partial charge in [-0.25, -0.2) is 4.79 Å². The van der Waals surface area contributed by atoms with Crippen molar-refractivity contribution in [2.45, 2.75) is 46.3 Å². The third kappa shape index (κ3) is 4.77. The topological polar surface area (TPSA) is 75.6 Å². The second-order valence-electron chi connectivity index (χ2n) is 5.24. The van der Waals surface area contributed by atoms with E-state index in [4.69, 9.17) is 4.74 Å². The molecule has 1 aromatic carbocycles. The van der Waals surface area contributed by atoms with Crippen molar-refractivity contribution in [1.29, 1.82) is 0 Å². The Kier molecular flexibility index (Phi) is 6.21. The summed E-state index contributed by atoms with van der Waals surface area (Å²) in [7, 11) is 0. The Morgan fingerprint density at radius 3 is 2.43 bits per heavy atom. The minimum absolute atomic E-state index is 0.142. The lowest BCUT2D eigenvalue weighted by Gasteiger charge is -2.23. The van der Waals surface area contributed by atoms with Crippen LogP contribution in [0.25, 0.3) is 0 Å². The molecule has 0 saturated heterocycles. The Morgan fingerprint density at radius 1 is 1.29 bits per heavy atom. The number of hydrogen-bond acceptors (Lipinski definition) is 3. The van der Waals surface area contributed by atoms with Crippen LogP contribution < -0.4 is 10.1 Å². The predicted molar refractivity (Wildman–Crippen MR) is 80.3 cm³/mol. The largest absolute Gasteiger partial charge is 0.481 e. The van der Waals surface area contributed by atoms with E-state index in [1.54, 1.807) is 19.9 Å². The number of rotatable bonds is 7. The fraction of sp³-hybridized carbons (Fsp3) is 0.500. The lowest BCUT2D eigenvalue weighted by Crippen LogP contribution is -2.49. The number of carbonyl (C=O) groups is 2. The van der Waals surface area contributed by atoms with Crippen LogP contribution >= 0.6 is 0 Å². The lowest BCUT2D eigenvalue weighted by molar-refractivity contribution is -0.144. The molecule has 21 heavy (non-hydrogen) atoms. The number of benzene rings is 1. The van der Waals surface area contributed by atoms with Crippen molar-refractivity contribution in [1.82, 2.24) is 5.32 Å². The molecule has 3 atom stereocenters. The van der Waals surface area contributed by atoms with Crippen LogP contribution in [0.2, 0.25) is 0 Å². The van der Waals surface area contributed by atoms with Crippen LogP contribution in [0.4, 0.5) is 0 Å². The van der Waals surface area contributed by atoms with Crippen molar-refractivity contribution in [3.8, 4) is 5.75 Å². The van der Waals surface area contributed by atoms with Gasteiger partial charge in [-0.3, -0.25) is 4.79 Å². The molecular weight excluding hydrogens is 270 g/mol. The van der Waals surface area contributed by atoms with Gasteiger partial charge in [0.25, 0.3) is 5.91 Å². The Bertz CT molecular complexity index is 501. The predicted octanol–water partition coefficient (Wildman–Crippen LogP) is 2.38. The van der Waals surface area contributed by atoms with Crippen LogP contribution in [0.15, 0.2) is 24.3 Å². The first-order valence-electron chi connectivity index (χ1n) is 7.12. The third-order valence-corrected chi connectivity index (χ3v) is 3.54. The van der Waals surface area contributed by atoms with Gasteiger partial charge in [-0.2, -0.15) is 0 Å². The SMILES string of the molecule is CCC(C)C(NC(=O)C(C)Oc1ccccc1C)C(=O)O. The zero-order chi connectivity index (χ0) is 16.0. The maximum absolute atomic E-state index is 12.1. The van der Waals surface area contributed by atoms with Crippen LogP contribution in [0.5, 0.6) is 5.75 Å². The van der Waals surface area contributed by atoms with Gasteiger partial charge in [0.05, 0.1) is 0 Å². The van der Waals surface area contributed by atoms with Gasteiger partial charge in [0.15, 0.2) is 6.10 Å². The van der Waals surface area contributed by atoms with Crippen molar-refractivity contribution in [3.05, 3.63) is 29.8 Å². The van der Waals surface area contributed by atoms with E-state index >= 15 is 0 Å². The van der Waals surface area contributed by atoms with E-state index < -0.39 is 24.0 Å². The highest BCUT2D eigenvalue weighted by atomic mass is 16.5. The van der Waals surface area contributed by atoms with Gasteiger partial charge in [0.2, 0.25) is 0 Å². The number of nitrogens with one attached hydrogen (secondary N) is 1. The molecule has 3 unspecified atom stereocenters. The van der Waals surface area contributed by atoms with Gasteiger partial charge in [0, 0.05) is 0 Å². The summed E-state index contributed by atoms with van der Waals surface area (Å²) in [6.07, 6.45) is -0.0819. The number of amides is 1. The summed E-state index contributed by atoms with van der Waals surface area (Å²) in [6, 6.07) is 6.48. The van der Waals surface area contributed by atoms with Gasteiger partial charge in [-0.1, -0.05) is 38.5 Å². The van der Waals surface area contributed by atoms with Crippen LogP contribution in [0, 0.1) is 12.8 Å². The molecule has 0 saturated carbocycles. The van der Waals surface area contributed by atoms with Gasteiger partial charge < -0.3 is 15.2 Å². The van der Waals surface area contributed by atoms with Crippen LogP contribution in [-0.2, 0) is 9.59 Å². The first-order chi connectivity index (χ1) is 9.86. The fourth-order valence-electron chi connectivity index (χ4n) is 1.89. The molecule has 1 amide bonds. The molecule has 116 valence electrons. The van der Waals surface area contributed by atoms with Crippen molar-refractivity contribution >= 4 is 11.9 Å². The Balaban J connectivity index is 2.70. The molecule has 0 spiro atoms. The summed E-state index contributed by atoms with van der Waals surface area (Å²) >= 11 is 0. The summed E-state index contributed by atoms with van der Waals surface area (Å²) in [6.45, 7) is 7.18. The molecule has 2 N–H and O–H groups in total. The molecule has 0 bridgehead atoms. The van der Waals surface area contributed by atoms with Crippen molar-refractivity contribution in [3.63, 3.8) is 0 Å². The first-order valence-corrected chi connectivity index (χ1v) is 7.12. The zero-order valence-electron chi connectivity index (χ0n) is 12.9. The molecule has 0 aliphatic carbocycles. The minimum atomic E-state index is -1.03. The van der Waals surface area contributed by atoms with Crippen LogP contribution in [0.3, 0.4) is 0 Å². The van der Waals surface area contributed by atoms with Gasteiger partial charge in [-0.05, 0) is 31.4 Å². The van der Waals surface area contributed by atoms with Crippen molar-refractivity contribution < 1.29 is 19.4 Å². The van der Waals surface area contributed by atoms with E-state index in [1.807, 2.05) is 32.0 Å². The molecule has 0 aliphatic heterocycles. The van der Waals surface area contributed by atoms with Gasteiger partial charge in [-0.15, -0.1) is 0 Å². The average Bonchev–Trinajstić information content (AvgIpc) is 2.45. The number of para-hydroxylation sites is 1. The maximum Gasteiger partial charge on any atom is 0.326 e. The molecular formula is C16H23NO4. The smallest absolute Gasteiger partial charge is 0.326 e. The van der Waals surface area contributed by atoms with Gasteiger partial charge >= 0.3 is 5.97 Å². The second-order valence-corrected chi connectivity index (χ2v) is 5.24. The summed E-state index contributed by atoms with van der Waals surface area (Å²) in [5, 5.41) is 11.7. The van der Waals surface area contributed by atoms with Crippen molar-refractivity contribution in [2.75, 3.05) is 0 Å². The number of carboxylic acid groups (broad SMARTS) is 1. The summed E-state index contributed by atoms with van der Waals surface area (Å²) in [5.74, 6) is -0.973. The monoisotopic (exact) mass is 293 g/mol. The van der Waals surface area contributed by atoms with Crippen molar-refractivity contribution in [2.24, 2.45) is 5.92 Å². The highest BCUT2D eigenvalue weighted by Gasteiger charge is 2.27. The molecule has 1 aromatic rings. The van der Waals surface area contributed by atoms with Gasteiger partial charge in [0.1, 0.15) is 11.8 Å². The Labute approximate surface area is 125 Å². The van der Waals surface area contributed by atoms with E-state index in [0.29, 0.717) is 12.2 Å². The van der Waals surface area contributed by atoms with E-state index in [9.17, 15) is 14.7 Å². The first kappa shape index (κ1) is 17.0. The van der Waals surface area contributed by atoms with E-state index in [1.165, 1.54) is 0 Å². The number of carbonyl (C=O) groups excluding carboxylic acids is 1. The summed E-state index contributed by atoms with van der Waals surface area (Å²) < 4.78 is 5.60. The fourth-order valence-corrected chi connectivity index (χ4v) is 1.89. The molecule has 0 aromatic heterocycles. The average molecular weight is 293 g/mol. The van der Waals surface area contributed by atoms with Crippen LogP contribution in [0.1, 0.15) is 32.8 Å². The highest BCUT2D eigenvalue weighted by molar-refractivity contribution is 5.86. The number of ether oxygens (including phenoxy) is 1. The molecule has 0 aliphatic rings. The highest BCUT2D eigenvalue weighted by Crippen LogP contribution is 2.18. The van der Waals surface area contributed by atoms with E-state index in [0.717, 1.165) is 5.56 Å². The molecule has 5 nitrogen and oxygen atoms in total. The third-order valence-electron chi connectivity index (χ3n) is 3.54. The Morgan fingerprint density at radius 2 is 1.90 bits per heavy atom. The number of hydrogen-bond donors (Lipinski definition) is 2. The standard InChI is InChI=1S/C16H23NO4/c1-5-10(2)14(16(19)20)17-15(18)12(4)21-13-9-7-6-8-11(13)3/h6-10,12,14H,5H2,1-4H3,(H,17,18)(H,19,20). The summed E-state index contributed by atoms with van der Waals surface area (Å²) in [4.78, 5) is 23.3. The lowest BCUT2D eigenvalue weighted by atomic mass is 9.99. The van der Waals surface area contributed by atoms with E-state index in [2.05, 4.69) is 5.32 Å². The van der Waals surface area contributed by atoms with E-state index in [-0.39, 0.29) is 5.92 Å². The molecule has 0 fully saturated rings. The molecule has 5 heteroatoms. The molecule has 0 heterocycles. The number of aryl methyl sites for hydroxylation is 1. The second kappa shape index (κ2) is 7.67. The molecule has 0 radical (unpaired) electrons. The normalized spacial score (nSPS) is 14.9.